The van der Waals surface area contributed by atoms with Crippen molar-refractivity contribution < 1.29 is 9.59 Å². The number of hydrogen-bond acceptors (Lipinski definition) is 4. The van der Waals surface area contributed by atoms with Crippen LogP contribution < -0.4 is 5.32 Å². The van der Waals surface area contributed by atoms with Crippen LogP contribution in [0.25, 0.3) is 0 Å². The molecule has 1 aliphatic heterocycles. The van der Waals surface area contributed by atoms with Gasteiger partial charge in [0.15, 0.2) is 5.78 Å². The van der Waals surface area contributed by atoms with E-state index in [1.54, 1.807) is 11.3 Å². The van der Waals surface area contributed by atoms with E-state index in [1.165, 1.54) is 19.5 Å². The summed E-state index contributed by atoms with van der Waals surface area (Å²) >= 11 is 1.64. The Morgan fingerprint density at radius 3 is 2.46 bits per heavy atom. The number of unbranched alkanes of at least 4 members (excludes halogenated alkanes) is 1. The van der Waals surface area contributed by atoms with Gasteiger partial charge in [0.25, 0.3) is 0 Å². The first-order valence-corrected chi connectivity index (χ1v) is 10.8. The minimum atomic E-state index is -0.0110. The van der Waals surface area contributed by atoms with Gasteiger partial charge >= 0.3 is 0 Å². The molecule has 146 valence electrons. The smallest absolute Gasteiger partial charge is 0.220 e. The van der Waals surface area contributed by atoms with Gasteiger partial charge in [0, 0.05) is 47.8 Å². The summed E-state index contributed by atoms with van der Waals surface area (Å²) in [6.45, 7) is 12.9. The molecular weight excluding hydrogens is 344 g/mol. The average Bonchev–Trinajstić information content (AvgIpc) is 2.90. The molecule has 1 fully saturated rings. The lowest BCUT2D eigenvalue weighted by Crippen LogP contribution is -2.39. The van der Waals surface area contributed by atoms with Crippen LogP contribution in [0.3, 0.4) is 0 Å². The van der Waals surface area contributed by atoms with Gasteiger partial charge in [0.05, 0.1) is 0 Å². The number of Topliss-reactive ketones (excluding diaryl/α,β-unsaturated/α-hetero) is 1. The number of likely N-dealkylation sites (tertiary alicyclic amines) is 1. The third-order valence-electron chi connectivity index (χ3n) is 5.09. The Labute approximate surface area is 162 Å². The minimum absolute atomic E-state index is 0.0110. The van der Waals surface area contributed by atoms with E-state index in [2.05, 4.69) is 24.1 Å². The zero-order valence-electron chi connectivity index (χ0n) is 16.8. The van der Waals surface area contributed by atoms with Gasteiger partial charge in [-0.1, -0.05) is 13.8 Å². The van der Waals surface area contributed by atoms with Gasteiger partial charge in [-0.05, 0) is 57.6 Å². The molecule has 1 aromatic rings. The first-order chi connectivity index (χ1) is 12.3. The molecule has 0 saturated carbocycles. The van der Waals surface area contributed by atoms with Crippen molar-refractivity contribution in [3.63, 3.8) is 0 Å². The van der Waals surface area contributed by atoms with Gasteiger partial charge in [-0.15, -0.1) is 11.3 Å². The van der Waals surface area contributed by atoms with Crippen molar-refractivity contribution in [1.82, 2.24) is 10.2 Å². The molecule has 1 aromatic heterocycles. The van der Waals surface area contributed by atoms with Crippen LogP contribution in [-0.2, 0) is 4.79 Å². The third-order valence-corrected chi connectivity index (χ3v) is 6.05. The second kappa shape index (κ2) is 10.2. The lowest BCUT2D eigenvalue weighted by molar-refractivity contribution is -0.121. The Bertz CT molecular complexity index is 601. The van der Waals surface area contributed by atoms with E-state index in [4.69, 9.17) is 0 Å². The molecule has 5 heteroatoms. The molecule has 4 nitrogen and oxygen atoms in total. The van der Waals surface area contributed by atoms with Crippen molar-refractivity contribution in [2.24, 2.45) is 11.8 Å². The first kappa shape index (κ1) is 21.1. The monoisotopic (exact) mass is 378 g/mol. The fraction of sp³-hybridized carbons (Fsp3) is 0.714. The van der Waals surface area contributed by atoms with E-state index in [0.717, 1.165) is 46.5 Å². The van der Waals surface area contributed by atoms with E-state index in [1.807, 2.05) is 19.9 Å². The SMILES string of the molecule is Cc1cc(C(=O)CCC(=O)NCCCCN2CC(C)CC(C)C2)c(C)s1. The number of rotatable bonds is 9. The van der Waals surface area contributed by atoms with Crippen molar-refractivity contribution in [1.29, 1.82) is 0 Å². The Morgan fingerprint density at radius 2 is 1.85 bits per heavy atom. The van der Waals surface area contributed by atoms with E-state index >= 15 is 0 Å². The highest BCUT2D eigenvalue weighted by molar-refractivity contribution is 7.12. The van der Waals surface area contributed by atoms with Crippen molar-refractivity contribution in [3.8, 4) is 0 Å². The second-order valence-electron chi connectivity index (χ2n) is 8.01. The highest BCUT2D eigenvalue weighted by Gasteiger charge is 2.21. The molecule has 2 unspecified atom stereocenters. The van der Waals surface area contributed by atoms with Crippen molar-refractivity contribution in [3.05, 3.63) is 21.4 Å². The minimum Gasteiger partial charge on any atom is -0.356 e. The van der Waals surface area contributed by atoms with Crippen LogP contribution >= 0.6 is 11.3 Å². The van der Waals surface area contributed by atoms with Gasteiger partial charge in [-0.2, -0.15) is 0 Å². The van der Waals surface area contributed by atoms with Crippen LogP contribution in [0.5, 0.6) is 0 Å². The van der Waals surface area contributed by atoms with Crippen LogP contribution in [-0.4, -0.2) is 42.8 Å². The number of aryl methyl sites for hydroxylation is 2. The molecule has 0 aromatic carbocycles. The fourth-order valence-electron chi connectivity index (χ4n) is 4.02. The Hall–Kier alpha value is -1.20. The van der Waals surface area contributed by atoms with Crippen LogP contribution in [0.4, 0.5) is 0 Å². The number of nitrogens with one attached hydrogen (secondary N) is 1. The summed E-state index contributed by atoms with van der Waals surface area (Å²) in [5.41, 5.74) is 0.783. The topological polar surface area (TPSA) is 49.4 Å². The van der Waals surface area contributed by atoms with Crippen LogP contribution in [0.2, 0.25) is 0 Å². The zero-order valence-corrected chi connectivity index (χ0v) is 17.6. The number of nitrogens with zero attached hydrogens (tertiary/aromatic N) is 1. The maximum atomic E-state index is 12.2. The molecular formula is C21H34N2O2S. The lowest BCUT2D eigenvalue weighted by Gasteiger charge is -2.34. The average molecular weight is 379 g/mol. The Kier molecular flexibility index (Phi) is 8.29. The van der Waals surface area contributed by atoms with E-state index in [9.17, 15) is 9.59 Å². The van der Waals surface area contributed by atoms with Crippen molar-refractivity contribution >= 4 is 23.0 Å². The summed E-state index contributed by atoms with van der Waals surface area (Å²) in [5.74, 6) is 1.66. The summed E-state index contributed by atoms with van der Waals surface area (Å²) in [7, 11) is 0. The third kappa shape index (κ3) is 6.84. The molecule has 1 amide bonds. The maximum Gasteiger partial charge on any atom is 0.220 e. The summed E-state index contributed by atoms with van der Waals surface area (Å²) in [6, 6.07) is 1.93. The lowest BCUT2D eigenvalue weighted by atomic mass is 9.92. The molecule has 0 spiro atoms. The van der Waals surface area contributed by atoms with Gasteiger partial charge in [0.2, 0.25) is 5.91 Å². The number of carbonyl (C=O) groups excluding carboxylic acids is 2. The normalized spacial score (nSPS) is 20.9. The molecule has 0 bridgehead atoms. The van der Waals surface area contributed by atoms with Gasteiger partial charge in [0.1, 0.15) is 0 Å². The summed E-state index contributed by atoms with van der Waals surface area (Å²) in [6.07, 6.45) is 4.05. The quantitative estimate of drug-likeness (QED) is 0.517. The number of carbonyl (C=O) groups is 2. The van der Waals surface area contributed by atoms with Crippen molar-refractivity contribution in [2.45, 2.75) is 59.8 Å². The van der Waals surface area contributed by atoms with E-state index in [-0.39, 0.29) is 18.1 Å². The standard InChI is InChI=1S/C21H34N2O2S/c1-15-11-16(2)14-23(13-15)10-6-5-9-22-21(25)8-7-20(24)19-12-17(3)26-18(19)4/h12,15-16H,5-11,13-14H2,1-4H3,(H,22,25). The summed E-state index contributed by atoms with van der Waals surface area (Å²) < 4.78 is 0. The van der Waals surface area contributed by atoms with Crippen molar-refractivity contribution in [2.75, 3.05) is 26.2 Å². The fourth-order valence-corrected chi connectivity index (χ4v) is 4.96. The van der Waals surface area contributed by atoms with Gasteiger partial charge < -0.3 is 10.2 Å². The Morgan fingerprint density at radius 1 is 1.15 bits per heavy atom. The molecule has 1 N–H and O–H groups in total. The number of hydrogen-bond donors (Lipinski definition) is 1. The highest BCUT2D eigenvalue weighted by atomic mass is 32.1. The van der Waals surface area contributed by atoms with E-state index in [0.29, 0.717) is 13.0 Å². The molecule has 2 rings (SSSR count). The summed E-state index contributed by atoms with van der Waals surface area (Å²) in [5, 5.41) is 2.96. The summed E-state index contributed by atoms with van der Waals surface area (Å²) in [4.78, 5) is 28.9. The molecule has 2 heterocycles. The molecule has 2 atom stereocenters. The van der Waals surface area contributed by atoms with E-state index < -0.39 is 0 Å². The number of amides is 1. The number of piperidine rings is 1. The Balaban J connectivity index is 1.56. The van der Waals surface area contributed by atoms with Gasteiger partial charge in [-0.3, -0.25) is 9.59 Å². The molecule has 0 radical (unpaired) electrons. The second-order valence-corrected chi connectivity index (χ2v) is 9.47. The predicted molar refractivity (Wildman–Crippen MR) is 109 cm³/mol. The molecule has 1 saturated heterocycles. The maximum absolute atomic E-state index is 12.2. The van der Waals surface area contributed by atoms with Crippen LogP contribution in [0.15, 0.2) is 6.07 Å². The molecule has 1 aliphatic rings. The first-order valence-electron chi connectivity index (χ1n) is 9.94. The highest BCUT2D eigenvalue weighted by Crippen LogP contribution is 2.22. The number of ketones is 1. The zero-order chi connectivity index (χ0) is 19.1. The largest absolute Gasteiger partial charge is 0.356 e. The molecule has 0 aliphatic carbocycles. The van der Waals surface area contributed by atoms with Crippen LogP contribution in [0, 0.1) is 25.7 Å². The predicted octanol–water partition coefficient (Wildman–Crippen LogP) is 4.20. The van der Waals surface area contributed by atoms with Gasteiger partial charge in [-0.25, -0.2) is 0 Å². The van der Waals surface area contributed by atoms with Crippen LogP contribution in [0.1, 0.15) is 66.1 Å². The number of thiophene rings is 1. The molecule has 26 heavy (non-hydrogen) atoms.